The van der Waals surface area contributed by atoms with Crippen LogP contribution >= 0.6 is 12.4 Å². The van der Waals surface area contributed by atoms with Crippen LogP contribution in [0.15, 0.2) is 0 Å². The number of amides is 2. The Morgan fingerprint density at radius 2 is 2.18 bits per heavy atom. The Kier molecular flexibility index (Phi) is 7.91. The van der Waals surface area contributed by atoms with Crippen molar-refractivity contribution in [2.75, 3.05) is 26.7 Å². The zero-order valence-electron chi connectivity index (χ0n) is 10.5. The van der Waals surface area contributed by atoms with Crippen LogP contribution in [0, 0.1) is 0 Å². The number of likely N-dealkylation sites (N-methyl/N-ethyl adjacent to an activating group) is 1. The second-order valence-corrected chi connectivity index (χ2v) is 4.01. The van der Waals surface area contributed by atoms with Gasteiger partial charge in [-0.25, -0.2) is 0 Å². The van der Waals surface area contributed by atoms with Crippen molar-refractivity contribution in [2.45, 2.75) is 32.2 Å². The van der Waals surface area contributed by atoms with E-state index in [0.717, 1.165) is 19.5 Å². The third kappa shape index (κ3) is 4.52. The van der Waals surface area contributed by atoms with E-state index in [-0.39, 0.29) is 30.3 Å². The number of halogens is 1. The third-order valence-corrected chi connectivity index (χ3v) is 2.85. The largest absolute Gasteiger partial charge is 0.353 e. The van der Waals surface area contributed by atoms with Gasteiger partial charge in [-0.1, -0.05) is 6.92 Å². The Bertz CT molecular complexity index is 261. The van der Waals surface area contributed by atoms with Gasteiger partial charge >= 0.3 is 0 Å². The first-order chi connectivity index (χ1) is 7.70. The Morgan fingerprint density at radius 3 is 2.65 bits per heavy atom. The molecule has 0 aromatic carbocycles. The van der Waals surface area contributed by atoms with Crippen LogP contribution in [0.1, 0.15) is 26.2 Å². The number of nitrogens with zero attached hydrogens (tertiary/aromatic N) is 1. The van der Waals surface area contributed by atoms with Gasteiger partial charge in [0.25, 0.3) is 0 Å². The zero-order valence-corrected chi connectivity index (χ0v) is 11.3. The second kappa shape index (κ2) is 8.31. The average Bonchev–Trinajstić information content (AvgIpc) is 2.67. The van der Waals surface area contributed by atoms with Gasteiger partial charge in [0.05, 0.1) is 0 Å². The molecule has 1 aliphatic heterocycles. The highest BCUT2D eigenvalue weighted by Crippen LogP contribution is 2.15. The standard InChI is InChI=1S/C11H21N3O2.ClH/c1-3-9(11(16)13-7-6-12-2)14-8-4-5-10(14)15;/h9,12H,3-8H2,1-2H3,(H,13,16);1H. The Balaban J connectivity index is 0.00000256. The minimum atomic E-state index is -0.285. The molecule has 6 heteroatoms. The first-order valence-electron chi connectivity index (χ1n) is 5.92. The molecule has 0 spiro atoms. The maximum atomic E-state index is 11.8. The fraction of sp³-hybridized carbons (Fsp3) is 0.818. The number of nitrogens with one attached hydrogen (secondary N) is 2. The highest BCUT2D eigenvalue weighted by Gasteiger charge is 2.31. The van der Waals surface area contributed by atoms with E-state index in [0.29, 0.717) is 19.4 Å². The van der Waals surface area contributed by atoms with Gasteiger partial charge < -0.3 is 15.5 Å². The van der Waals surface area contributed by atoms with Crippen LogP contribution in [-0.4, -0.2) is 49.4 Å². The molecule has 1 atom stereocenters. The lowest BCUT2D eigenvalue weighted by Gasteiger charge is -2.25. The van der Waals surface area contributed by atoms with Crippen LogP contribution in [-0.2, 0) is 9.59 Å². The summed E-state index contributed by atoms with van der Waals surface area (Å²) in [6, 6.07) is -0.285. The Labute approximate surface area is 109 Å². The molecule has 0 bridgehead atoms. The molecule has 1 heterocycles. The first-order valence-corrected chi connectivity index (χ1v) is 5.92. The summed E-state index contributed by atoms with van der Waals surface area (Å²) >= 11 is 0. The van der Waals surface area contributed by atoms with Gasteiger partial charge in [0.2, 0.25) is 11.8 Å². The summed E-state index contributed by atoms with van der Waals surface area (Å²) in [5, 5.41) is 5.80. The van der Waals surface area contributed by atoms with Crippen molar-refractivity contribution in [3.05, 3.63) is 0 Å². The van der Waals surface area contributed by atoms with Crippen molar-refractivity contribution in [1.82, 2.24) is 15.5 Å². The lowest BCUT2D eigenvalue weighted by atomic mass is 10.2. The number of carbonyl (C=O) groups is 2. The highest BCUT2D eigenvalue weighted by atomic mass is 35.5. The third-order valence-electron chi connectivity index (χ3n) is 2.85. The van der Waals surface area contributed by atoms with Crippen molar-refractivity contribution in [3.8, 4) is 0 Å². The van der Waals surface area contributed by atoms with Crippen LogP contribution in [0.3, 0.4) is 0 Å². The van der Waals surface area contributed by atoms with Crippen molar-refractivity contribution < 1.29 is 9.59 Å². The molecule has 0 aliphatic carbocycles. The predicted octanol–water partition coefficient (Wildman–Crippen LogP) is 0.145. The average molecular weight is 264 g/mol. The molecule has 2 amide bonds. The minimum absolute atomic E-state index is 0. The fourth-order valence-corrected chi connectivity index (χ4v) is 1.97. The molecule has 1 saturated heterocycles. The van der Waals surface area contributed by atoms with Gasteiger partial charge in [0.15, 0.2) is 0 Å². The lowest BCUT2D eigenvalue weighted by molar-refractivity contribution is -0.137. The predicted molar refractivity (Wildman–Crippen MR) is 69.2 cm³/mol. The van der Waals surface area contributed by atoms with Gasteiger partial charge in [-0.3, -0.25) is 9.59 Å². The quantitative estimate of drug-likeness (QED) is 0.671. The smallest absolute Gasteiger partial charge is 0.242 e. The summed E-state index contributed by atoms with van der Waals surface area (Å²) in [6.07, 6.45) is 2.14. The van der Waals surface area contributed by atoms with E-state index in [4.69, 9.17) is 0 Å². The molecule has 5 nitrogen and oxygen atoms in total. The van der Waals surface area contributed by atoms with Crippen LogP contribution < -0.4 is 10.6 Å². The molecule has 17 heavy (non-hydrogen) atoms. The van der Waals surface area contributed by atoms with E-state index in [2.05, 4.69) is 10.6 Å². The lowest BCUT2D eigenvalue weighted by Crippen LogP contribution is -2.48. The summed E-state index contributed by atoms with van der Waals surface area (Å²) in [4.78, 5) is 25.1. The summed E-state index contributed by atoms with van der Waals surface area (Å²) in [5.74, 6) is 0.0728. The van der Waals surface area contributed by atoms with E-state index in [9.17, 15) is 9.59 Å². The molecule has 0 radical (unpaired) electrons. The van der Waals surface area contributed by atoms with E-state index in [1.807, 2.05) is 14.0 Å². The summed E-state index contributed by atoms with van der Waals surface area (Å²) in [6.45, 7) is 4.01. The van der Waals surface area contributed by atoms with E-state index in [1.54, 1.807) is 4.90 Å². The number of carbonyl (C=O) groups excluding carboxylic acids is 2. The van der Waals surface area contributed by atoms with Crippen LogP contribution in [0.4, 0.5) is 0 Å². The molecule has 1 unspecified atom stereocenters. The molecule has 0 aromatic rings. The Morgan fingerprint density at radius 1 is 1.47 bits per heavy atom. The summed E-state index contributed by atoms with van der Waals surface area (Å²) in [7, 11) is 1.84. The molecule has 1 aliphatic rings. The topological polar surface area (TPSA) is 61.4 Å². The minimum Gasteiger partial charge on any atom is -0.353 e. The zero-order chi connectivity index (χ0) is 12.0. The van der Waals surface area contributed by atoms with Crippen LogP contribution in [0.25, 0.3) is 0 Å². The molecule has 100 valence electrons. The summed E-state index contributed by atoms with van der Waals surface area (Å²) in [5.41, 5.74) is 0. The Hall–Kier alpha value is -0.810. The number of rotatable bonds is 6. The first kappa shape index (κ1) is 16.2. The van der Waals surface area contributed by atoms with Gasteiger partial charge in [-0.15, -0.1) is 12.4 Å². The van der Waals surface area contributed by atoms with E-state index >= 15 is 0 Å². The molecular formula is C11H22ClN3O2. The molecule has 2 N–H and O–H groups in total. The molecule has 0 aromatic heterocycles. The molecular weight excluding hydrogens is 242 g/mol. The maximum Gasteiger partial charge on any atom is 0.242 e. The molecule has 1 rings (SSSR count). The van der Waals surface area contributed by atoms with Crippen LogP contribution in [0.2, 0.25) is 0 Å². The molecule has 1 fully saturated rings. The fourth-order valence-electron chi connectivity index (χ4n) is 1.97. The van der Waals surface area contributed by atoms with Gasteiger partial charge in [-0.2, -0.15) is 0 Å². The van der Waals surface area contributed by atoms with E-state index < -0.39 is 0 Å². The SMILES string of the molecule is CCC(C(=O)NCCNC)N1CCCC1=O.Cl. The monoisotopic (exact) mass is 263 g/mol. The highest BCUT2D eigenvalue weighted by molar-refractivity contribution is 5.88. The molecule has 0 saturated carbocycles. The van der Waals surface area contributed by atoms with Gasteiger partial charge in [-0.05, 0) is 19.9 Å². The van der Waals surface area contributed by atoms with Crippen molar-refractivity contribution >= 4 is 24.2 Å². The van der Waals surface area contributed by atoms with Gasteiger partial charge in [0.1, 0.15) is 6.04 Å². The number of hydrogen-bond acceptors (Lipinski definition) is 3. The van der Waals surface area contributed by atoms with Crippen molar-refractivity contribution in [1.29, 1.82) is 0 Å². The maximum absolute atomic E-state index is 11.8. The van der Waals surface area contributed by atoms with Gasteiger partial charge in [0, 0.05) is 26.1 Å². The van der Waals surface area contributed by atoms with Crippen LogP contribution in [0.5, 0.6) is 0 Å². The number of likely N-dealkylation sites (tertiary alicyclic amines) is 1. The normalized spacial score (nSPS) is 16.6. The summed E-state index contributed by atoms with van der Waals surface area (Å²) < 4.78 is 0. The number of hydrogen-bond donors (Lipinski definition) is 2. The van der Waals surface area contributed by atoms with Crippen molar-refractivity contribution in [3.63, 3.8) is 0 Å². The van der Waals surface area contributed by atoms with Crippen molar-refractivity contribution in [2.24, 2.45) is 0 Å². The van der Waals surface area contributed by atoms with E-state index in [1.165, 1.54) is 0 Å². The second-order valence-electron chi connectivity index (χ2n) is 4.01.